The number of anilines is 3. The van der Waals surface area contributed by atoms with E-state index in [9.17, 15) is 9.59 Å². The molecule has 1 heterocycles. The number of rotatable bonds is 4. The highest BCUT2D eigenvalue weighted by Crippen LogP contribution is 2.37. The molecule has 0 spiro atoms. The molecule has 0 unspecified atom stereocenters. The average Bonchev–Trinajstić information content (AvgIpc) is 3.44. The number of fused-ring (bicyclic) bond motifs is 1. The number of ketones is 2. The number of carbonyl (C=O) groups is 2. The molecule has 160 valence electrons. The highest BCUT2D eigenvalue weighted by atomic mass is 16.4. The van der Waals surface area contributed by atoms with Crippen LogP contribution < -0.4 is 4.90 Å². The Morgan fingerprint density at radius 2 is 1.41 bits per heavy atom. The van der Waals surface area contributed by atoms with E-state index in [0.29, 0.717) is 34.0 Å². The Morgan fingerprint density at radius 3 is 1.97 bits per heavy atom. The predicted octanol–water partition coefficient (Wildman–Crippen LogP) is 6.63. The molecule has 6 nitrogen and oxygen atoms in total. The fraction of sp³-hybridized carbons (Fsp3) is 0. The van der Waals surface area contributed by atoms with Crippen LogP contribution in [0.3, 0.4) is 0 Å². The maximum absolute atomic E-state index is 12.7. The van der Waals surface area contributed by atoms with Crippen molar-refractivity contribution in [3.05, 3.63) is 124 Å². The summed E-state index contributed by atoms with van der Waals surface area (Å²) < 4.78 is 6.04. The number of hydrogen-bond donors (Lipinski definition) is 0. The van der Waals surface area contributed by atoms with Crippen LogP contribution in [0.2, 0.25) is 0 Å². The molecule has 0 amide bonds. The summed E-state index contributed by atoms with van der Waals surface area (Å²) in [6.07, 6.45) is 1.47. The van der Waals surface area contributed by atoms with E-state index in [0.717, 1.165) is 11.4 Å². The van der Waals surface area contributed by atoms with Crippen molar-refractivity contribution in [2.24, 2.45) is 0 Å². The molecule has 3 aromatic carbocycles. The second-order valence-electron chi connectivity index (χ2n) is 7.56. The van der Waals surface area contributed by atoms with Crippen molar-refractivity contribution in [2.75, 3.05) is 4.90 Å². The summed E-state index contributed by atoms with van der Waals surface area (Å²) in [6, 6.07) is 26.3. The maximum Gasteiger partial charge on any atom is 0.205 e. The zero-order valence-corrected chi connectivity index (χ0v) is 17.7. The Morgan fingerprint density at radius 1 is 0.824 bits per heavy atom. The normalized spacial score (nSPS) is 12.1. The summed E-state index contributed by atoms with van der Waals surface area (Å²) in [4.78, 5) is 30.7. The summed E-state index contributed by atoms with van der Waals surface area (Å²) in [5.41, 5.74) is 3.36. The molecule has 0 atom stereocenters. The lowest BCUT2D eigenvalue weighted by atomic mass is 10.1. The van der Waals surface area contributed by atoms with Crippen molar-refractivity contribution >= 4 is 40.6 Å². The van der Waals surface area contributed by atoms with Gasteiger partial charge in [0.15, 0.2) is 17.3 Å². The van der Waals surface area contributed by atoms with E-state index in [4.69, 9.17) is 16.3 Å². The summed E-state index contributed by atoms with van der Waals surface area (Å²) >= 11 is 0. The lowest BCUT2D eigenvalue weighted by molar-refractivity contribution is 0.0990. The first-order valence-corrected chi connectivity index (χ1v) is 10.4. The van der Waals surface area contributed by atoms with Crippen LogP contribution in [0.25, 0.3) is 10.9 Å². The molecule has 0 fully saturated rings. The van der Waals surface area contributed by atoms with E-state index in [-0.39, 0.29) is 17.1 Å². The number of benzene rings is 3. The molecule has 5 rings (SSSR count). The van der Waals surface area contributed by atoms with Crippen LogP contribution in [0.4, 0.5) is 22.9 Å². The monoisotopic (exact) mass is 441 g/mol. The van der Waals surface area contributed by atoms with Crippen molar-refractivity contribution in [1.29, 1.82) is 5.26 Å². The highest BCUT2D eigenvalue weighted by Gasteiger charge is 2.32. The van der Waals surface area contributed by atoms with Crippen LogP contribution in [-0.2, 0) is 0 Å². The molecule has 0 saturated carbocycles. The number of Topliss-reactive ketones (excluding diaryl/α,β-unsaturated/α-hetero) is 2. The zero-order chi connectivity index (χ0) is 23.7. The summed E-state index contributed by atoms with van der Waals surface area (Å²) in [5.74, 6) is 0.160. The van der Waals surface area contributed by atoms with E-state index in [1.54, 1.807) is 84.9 Å². The van der Waals surface area contributed by atoms with Crippen molar-refractivity contribution < 1.29 is 14.0 Å². The van der Waals surface area contributed by atoms with Crippen molar-refractivity contribution in [2.45, 2.75) is 0 Å². The molecule has 1 aliphatic carbocycles. The van der Waals surface area contributed by atoms with E-state index in [1.165, 1.54) is 6.08 Å². The third kappa shape index (κ3) is 3.56. The van der Waals surface area contributed by atoms with Crippen molar-refractivity contribution in [3.8, 4) is 6.07 Å². The van der Waals surface area contributed by atoms with Gasteiger partial charge in [0, 0.05) is 28.6 Å². The number of furan rings is 1. The molecule has 4 aromatic rings. The van der Waals surface area contributed by atoms with Gasteiger partial charge in [-0.05, 0) is 48.5 Å². The van der Waals surface area contributed by atoms with E-state index < -0.39 is 0 Å². The lowest BCUT2D eigenvalue weighted by Gasteiger charge is -2.22. The molecular weight excluding hydrogens is 426 g/mol. The van der Waals surface area contributed by atoms with Gasteiger partial charge in [-0.15, -0.1) is 0 Å². The number of carbonyl (C=O) groups excluding carboxylic acids is 2. The lowest BCUT2D eigenvalue weighted by Crippen LogP contribution is -2.08. The van der Waals surface area contributed by atoms with Crippen LogP contribution in [0.15, 0.2) is 94.9 Å². The Hall–Kier alpha value is -5.20. The summed E-state index contributed by atoms with van der Waals surface area (Å²) in [5, 5.41) is 9.13. The second-order valence-corrected chi connectivity index (χ2v) is 7.56. The van der Waals surface area contributed by atoms with Gasteiger partial charge in [-0.2, -0.15) is 5.26 Å². The van der Waals surface area contributed by atoms with Gasteiger partial charge < -0.3 is 4.42 Å². The topological polar surface area (TPSA) is 78.7 Å². The van der Waals surface area contributed by atoms with Gasteiger partial charge in [0.05, 0.1) is 23.8 Å². The minimum atomic E-state index is -0.322. The van der Waals surface area contributed by atoms with Crippen LogP contribution >= 0.6 is 0 Å². The second kappa shape index (κ2) is 8.38. The van der Waals surface area contributed by atoms with Gasteiger partial charge in [0.2, 0.25) is 5.88 Å². The van der Waals surface area contributed by atoms with E-state index >= 15 is 0 Å². The maximum atomic E-state index is 12.7. The van der Waals surface area contributed by atoms with Crippen molar-refractivity contribution in [3.63, 3.8) is 0 Å². The number of allylic oxidation sites excluding steroid dienone is 1. The molecule has 0 saturated heterocycles. The van der Waals surface area contributed by atoms with Crippen LogP contribution in [0, 0.1) is 17.9 Å². The zero-order valence-electron chi connectivity index (χ0n) is 17.7. The quantitative estimate of drug-likeness (QED) is 0.202. The van der Waals surface area contributed by atoms with E-state index in [2.05, 4.69) is 10.9 Å². The van der Waals surface area contributed by atoms with E-state index in [1.807, 2.05) is 4.90 Å². The molecule has 1 aliphatic rings. The molecular formula is C28H15N3O3. The van der Waals surface area contributed by atoms with Gasteiger partial charge in [-0.1, -0.05) is 36.4 Å². The van der Waals surface area contributed by atoms with Gasteiger partial charge in [-0.25, -0.2) is 4.85 Å². The standard InChI is InChI=1S/C28H15N3O3/c1-30-19-8-12-21(13-9-19)31(20-10-6-18(17-29)7-11-20)26-15-14-22(34-26)16-25-27(32)23-4-2-3-5-24(23)28(25)33/h2-16H. The van der Waals surface area contributed by atoms with Crippen LogP contribution in [0.5, 0.6) is 0 Å². The Balaban J connectivity index is 1.55. The average molecular weight is 441 g/mol. The Kier molecular flexibility index (Phi) is 5.10. The molecule has 0 radical (unpaired) electrons. The first-order valence-electron chi connectivity index (χ1n) is 10.4. The molecule has 6 heteroatoms. The molecule has 0 N–H and O–H groups in total. The summed E-state index contributed by atoms with van der Waals surface area (Å²) in [7, 11) is 0. The first kappa shape index (κ1) is 20.7. The minimum absolute atomic E-state index is 0.0634. The number of hydrogen-bond acceptors (Lipinski definition) is 5. The summed E-state index contributed by atoms with van der Waals surface area (Å²) in [6.45, 7) is 7.19. The third-order valence-electron chi connectivity index (χ3n) is 5.52. The molecule has 0 aliphatic heterocycles. The highest BCUT2D eigenvalue weighted by molar-refractivity contribution is 6.41. The third-order valence-corrected chi connectivity index (χ3v) is 5.52. The Labute approximate surface area is 195 Å². The molecule has 34 heavy (non-hydrogen) atoms. The molecule has 0 bridgehead atoms. The number of nitriles is 1. The smallest absolute Gasteiger partial charge is 0.205 e. The van der Waals surface area contributed by atoms with Crippen LogP contribution in [0.1, 0.15) is 32.0 Å². The van der Waals surface area contributed by atoms with Gasteiger partial charge in [0.25, 0.3) is 0 Å². The van der Waals surface area contributed by atoms with Gasteiger partial charge in [-0.3, -0.25) is 14.5 Å². The SMILES string of the molecule is [C-]#[N+]c1ccc(N(c2ccc(C#N)cc2)c2ccc(C=C3C(=O)c4ccccc4C3=O)o2)cc1. The van der Waals surface area contributed by atoms with Gasteiger partial charge >= 0.3 is 0 Å². The fourth-order valence-corrected chi connectivity index (χ4v) is 3.85. The Bertz CT molecular complexity index is 1450. The first-order chi connectivity index (χ1) is 16.6. The number of nitrogens with zero attached hydrogens (tertiary/aromatic N) is 3. The van der Waals surface area contributed by atoms with Gasteiger partial charge in [0.1, 0.15) is 5.76 Å². The fourth-order valence-electron chi connectivity index (χ4n) is 3.85. The predicted molar refractivity (Wildman–Crippen MR) is 127 cm³/mol. The van der Waals surface area contributed by atoms with Crippen LogP contribution in [-0.4, -0.2) is 11.6 Å². The van der Waals surface area contributed by atoms with Crippen molar-refractivity contribution in [1.82, 2.24) is 0 Å². The largest absolute Gasteiger partial charge is 0.440 e. The minimum Gasteiger partial charge on any atom is -0.440 e. The molecule has 1 aromatic heterocycles.